The van der Waals surface area contributed by atoms with E-state index >= 15 is 0 Å². The number of fused-ring (bicyclic) bond motifs is 5. The summed E-state index contributed by atoms with van der Waals surface area (Å²) < 4.78 is 6.41. The molecule has 2 unspecified atom stereocenters. The highest BCUT2D eigenvalue weighted by Gasteiger charge is 2.71. The minimum atomic E-state index is -1.58. The molecule has 3 fully saturated rings. The van der Waals surface area contributed by atoms with E-state index in [2.05, 4.69) is 39.6 Å². The Balaban J connectivity index is 1.46. The summed E-state index contributed by atoms with van der Waals surface area (Å²) in [5.74, 6) is 2.65. The van der Waals surface area contributed by atoms with Crippen molar-refractivity contribution in [1.82, 2.24) is 0 Å². The molecule has 5 rings (SSSR count). The van der Waals surface area contributed by atoms with Crippen LogP contribution in [0, 0.1) is 28.6 Å². The minimum Gasteiger partial charge on any atom is -0.548 e. The van der Waals surface area contributed by atoms with Crippen LogP contribution in [0.15, 0.2) is 42.2 Å². The third-order valence-corrected chi connectivity index (χ3v) is 11.2. The average molecular weight is 455 g/mol. The van der Waals surface area contributed by atoms with Gasteiger partial charge in [0.15, 0.2) is 0 Å². The second-order valence-corrected chi connectivity index (χ2v) is 17.2. The summed E-state index contributed by atoms with van der Waals surface area (Å²) in [5.41, 5.74) is -1.04. The molecular formula is C28H42O3Si. The van der Waals surface area contributed by atoms with Crippen molar-refractivity contribution in [1.29, 1.82) is 0 Å². The third-order valence-electron chi connectivity index (χ3n) is 10.3. The summed E-state index contributed by atoms with van der Waals surface area (Å²) >= 11 is 0. The van der Waals surface area contributed by atoms with Crippen molar-refractivity contribution in [2.45, 2.75) is 96.1 Å². The third kappa shape index (κ3) is 3.05. The lowest BCUT2D eigenvalue weighted by Gasteiger charge is -2.63. The molecule has 1 aromatic carbocycles. The van der Waals surface area contributed by atoms with E-state index in [1.165, 1.54) is 5.76 Å². The van der Waals surface area contributed by atoms with Crippen molar-refractivity contribution >= 4 is 8.32 Å². The van der Waals surface area contributed by atoms with E-state index in [0.29, 0.717) is 24.7 Å². The molecule has 4 aliphatic carbocycles. The molecule has 0 aliphatic heterocycles. The molecule has 32 heavy (non-hydrogen) atoms. The number of hydrogen-bond donors (Lipinski definition) is 2. The molecule has 0 aromatic heterocycles. The zero-order valence-electron chi connectivity index (χ0n) is 20.7. The van der Waals surface area contributed by atoms with Gasteiger partial charge in [-0.05, 0) is 99.4 Å². The fourth-order valence-corrected chi connectivity index (χ4v) is 9.44. The lowest BCUT2D eigenvalue weighted by Crippen LogP contribution is -2.64. The van der Waals surface area contributed by atoms with E-state index in [1.807, 2.05) is 30.3 Å². The van der Waals surface area contributed by atoms with Crippen LogP contribution in [0.25, 0.3) is 0 Å². The normalized spacial score (nSPS) is 46.0. The summed E-state index contributed by atoms with van der Waals surface area (Å²) in [6.45, 7) is 11.5. The topological polar surface area (TPSA) is 49.7 Å². The molecule has 7 atom stereocenters. The maximum absolute atomic E-state index is 12.4. The maximum atomic E-state index is 12.4. The number of allylic oxidation sites excluding steroid dienone is 2. The van der Waals surface area contributed by atoms with Crippen molar-refractivity contribution < 1.29 is 14.6 Å². The highest BCUT2D eigenvalue weighted by atomic mass is 28.4. The van der Waals surface area contributed by atoms with Crippen LogP contribution in [-0.4, -0.2) is 24.1 Å². The molecular weight excluding hydrogens is 412 g/mol. The summed E-state index contributed by atoms with van der Waals surface area (Å²) in [4.78, 5) is 0. The number of hydrogen-bond acceptors (Lipinski definition) is 3. The van der Waals surface area contributed by atoms with Crippen molar-refractivity contribution in [2.75, 3.05) is 0 Å². The molecule has 1 aromatic rings. The standard InChI is InChI=1S/C28H42O3Si/c1-25-15-13-22(31-32(3,4)5)19-21(25)11-12-24-23(25)14-16-26(2)27(29,17-18-28(24,26)30)20-9-7-6-8-10-20/h6-10,13,21,23-24,29-30H,11-12,14-19H2,1-5H3/t21?,23-,24-,25+,26-,27?,28-/m1/s1. The van der Waals surface area contributed by atoms with Gasteiger partial charge in [0, 0.05) is 11.8 Å². The first-order chi connectivity index (χ1) is 14.9. The van der Waals surface area contributed by atoms with Crippen molar-refractivity contribution in [2.24, 2.45) is 28.6 Å². The molecule has 0 radical (unpaired) electrons. The Hall–Kier alpha value is -1.10. The molecule has 3 nitrogen and oxygen atoms in total. The molecule has 0 bridgehead atoms. The Morgan fingerprint density at radius 1 is 0.906 bits per heavy atom. The Kier molecular flexibility index (Phi) is 5.10. The van der Waals surface area contributed by atoms with Crippen LogP contribution < -0.4 is 0 Å². The summed E-state index contributed by atoms with van der Waals surface area (Å²) in [6.07, 6.45) is 10.1. The lowest BCUT2D eigenvalue weighted by atomic mass is 9.43. The van der Waals surface area contributed by atoms with Gasteiger partial charge in [0.1, 0.15) is 0 Å². The second kappa shape index (κ2) is 7.20. The second-order valence-electron chi connectivity index (χ2n) is 12.8. The molecule has 4 aliphatic rings. The van der Waals surface area contributed by atoms with Crippen LogP contribution in [0.3, 0.4) is 0 Å². The summed E-state index contributed by atoms with van der Waals surface area (Å²) in [6, 6.07) is 10.1. The van der Waals surface area contributed by atoms with Crippen LogP contribution in [-0.2, 0) is 10.0 Å². The van der Waals surface area contributed by atoms with Crippen LogP contribution in [0.4, 0.5) is 0 Å². The van der Waals surface area contributed by atoms with Gasteiger partial charge in [0.25, 0.3) is 0 Å². The van der Waals surface area contributed by atoms with Crippen molar-refractivity contribution in [3.63, 3.8) is 0 Å². The predicted octanol–water partition coefficient (Wildman–Crippen LogP) is 6.38. The van der Waals surface area contributed by atoms with Crippen LogP contribution in [0.1, 0.15) is 70.8 Å². The van der Waals surface area contributed by atoms with Gasteiger partial charge in [-0.1, -0.05) is 44.2 Å². The van der Waals surface area contributed by atoms with E-state index in [-0.39, 0.29) is 11.3 Å². The van der Waals surface area contributed by atoms with E-state index in [9.17, 15) is 10.2 Å². The molecule has 0 saturated heterocycles. The van der Waals surface area contributed by atoms with E-state index in [4.69, 9.17) is 4.43 Å². The number of benzene rings is 1. The highest BCUT2D eigenvalue weighted by Crippen LogP contribution is 2.71. The minimum absolute atomic E-state index is 0.222. The maximum Gasteiger partial charge on any atom is 0.241 e. The zero-order chi connectivity index (χ0) is 23.0. The first kappa shape index (κ1) is 22.7. The van der Waals surface area contributed by atoms with Gasteiger partial charge in [-0.2, -0.15) is 0 Å². The SMILES string of the molecule is C[C@]12CC=C(O[Si](C)(C)C)CC1CC[C@@H]1[C@H]2CC[C@]2(C)C(O)(c3ccccc3)CC[C@@]12O. The quantitative estimate of drug-likeness (QED) is 0.521. The molecule has 3 saturated carbocycles. The largest absolute Gasteiger partial charge is 0.548 e. The van der Waals surface area contributed by atoms with Crippen molar-refractivity contribution in [3.8, 4) is 0 Å². The van der Waals surface area contributed by atoms with Gasteiger partial charge >= 0.3 is 0 Å². The first-order valence-electron chi connectivity index (χ1n) is 12.8. The summed E-state index contributed by atoms with van der Waals surface area (Å²) in [5, 5.41) is 24.4. The Morgan fingerprint density at radius 3 is 2.31 bits per heavy atom. The van der Waals surface area contributed by atoms with Gasteiger partial charge in [0.2, 0.25) is 8.32 Å². The number of aliphatic hydroxyl groups is 2. The van der Waals surface area contributed by atoms with Gasteiger partial charge in [-0.3, -0.25) is 0 Å². The fourth-order valence-electron chi connectivity index (χ4n) is 8.49. The Labute approximate surface area is 195 Å². The van der Waals surface area contributed by atoms with Gasteiger partial charge in [-0.15, -0.1) is 0 Å². The first-order valence-corrected chi connectivity index (χ1v) is 16.2. The Morgan fingerprint density at radius 2 is 1.62 bits per heavy atom. The molecule has 4 heteroatoms. The van der Waals surface area contributed by atoms with Gasteiger partial charge in [0.05, 0.1) is 17.0 Å². The van der Waals surface area contributed by atoms with Crippen LogP contribution in [0.2, 0.25) is 19.6 Å². The lowest BCUT2D eigenvalue weighted by molar-refractivity contribution is -0.233. The molecule has 0 amide bonds. The van der Waals surface area contributed by atoms with Gasteiger partial charge in [-0.25, -0.2) is 0 Å². The van der Waals surface area contributed by atoms with Gasteiger partial charge < -0.3 is 14.6 Å². The number of rotatable bonds is 3. The highest BCUT2D eigenvalue weighted by molar-refractivity contribution is 6.70. The molecule has 176 valence electrons. The molecule has 2 N–H and O–H groups in total. The zero-order valence-corrected chi connectivity index (χ0v) is 21.7. The summed E-state index contributed by atoms with van der Waals surface area (Å²) in [7, 11) is -1.58. The fraction of sp³-hybridized carbons (Fsp3) is 0.714. The molecule has 0 heterocycles. The average Bonchev–Trinajstić information content (AvgIpc) is 2.96. The van der Waals surface area contributed by atoms with Crippen LogP contribution >= 0.6 is 0 Å². The van der Waals surface area contributed by atoms with E-state index < -0.39 is 24.9 Å². The molecule has 0 spiro atoms. The van der Waals surface area contributed by atoms with Crippen LogP contribution in [0.5, 0.6) is 0 Å². The Bertz CT molecular complexity index is 907. The van der Waals surface area contributed by atoms with Crippen molar-refractivity contribution in [3.05, 3.63) is 47.7 Å². The van der Waals surface area contributed by atoms with E-state index in [1.54, 1.807) is 0 Å². The smallest absolute Gasteiger partial charge is 0.241 e. The van der Waals surface area contributed by atoms with E-state index in [0.717, 1.165) is 44.1 Å². The monoisotopic (exact) mass is 454 g/mol. The predicted molar refractivity (Wildman–Crippen MR) is 131 cm³/mol.